The second-order valence-electron chi connectivity index (χ2n) is 9.71. The van der Waals surface area contributed by atoms with E-state index in [2.05, 4.69) is 4.90 Å². The van der Waals surface area contributed by atoms with Crippen LogP contribution in [-0.4, -0.2) is 67.5 Å². The van der Waals surface area contributed by atoms with Gasteiger partial charge < -0.3 is 24.0 Å². The highest BCUT2D eigenvalue weighted by molar-refractivity contribution is 5.94. The zero-order valence-electron chi connectivity index (χ0n) is 19.4. The number of nitrogens with zero attached hydrogens (tertiary/aromatic N) is 2. The minimum Gasteiger partial charge on any atom is -0.457 e. The normalized spacial score (nSPS) is 23.4. The smallest absolute Gasteiger partial charge is 0.338 e. The van der Waals surface area contributed by atoms with Gasteiger partial charge in [-0.1, -0.05) is 6.07 Å². The highest BCUT2D eigenvalue weighted by atomic mass is 16.5. The van der Waals surface area contributed by atoms with Gasteiger partial charge in [-0.05, 0) is 62.4 Å². The number of benzene rings is 1. The lowest BCUT2D eigenvalue weighted by molar-refractivity contribution is -0.136. The highest BCUT2D eigenvalue weighted by Gasteiger charge is 2.47. The number of fused-ring (bicyclic) bond motifs is 1. The molecule has 1 aromatic rings. The molecule has 0 unspecified atom stereocenters. The third kappa shape index (κ3) is 3.75. The van der Waals surface area contributed by atoms with Gasteiger partial charge in [0, 0.05) is 32.2 Å². The fraction of sp³-hybridized carbons (Fsp3) is 0.560. The van der Waals surface area contributed by atoms with Crippen molar-refractivity contribution >= 4 is 17.8 Å². The molecule has 0 bridgehead atoms. The minimum atomic E-state index is -0.322. The number of methoxy groups -OCH3 is 1. The van der Waals surface area contributed by atoms with Crippen molar-refractivity contribution in [1.29, 1.82) is 0 Å². The SMILES string of the molecule is CO[C@@H](CN1CCC2(CC1)CC(=O)N(C1=C(C)C(=O)OC1)C2)c1ccc2c(c1C)COC2=O. The van der Waals surface area contributed by atoms with Crippen LogP contribution in [0.15, 0.2) is 23.4 Å². The van der Waals surface area contributed by atoms with Crippen molar-refractivity contribution in [3.05, 3.63) is 45.7 Å². The Kier molecular flexibility index (Phi) is 5.53. The summed E-state index contributed by atoms with van der Waals surface area (Å²) < 4.78 is 16.2. The van der Waals surface area contributed by atoms with E-state index in [1.54, 1.807) is 18.9 Å². The number of carbonyl (C=O) groups excluding carboxylic acids is 3. The summed E-state index contributed by atoms with van der Waals surface area (Å²) in [7, 11) is 1.72. The number of hydrogen-bond acceptors (Lipinski definition) is 7. The van der Waals surface area contributed by atoms with E-state index >= 15 is 0 Å². The van der Waals surface area contributed by atoms with E-state index in [0.29, 0.717) is 30.7 Å². The second-order valence-corrected chi connectivity index (χ2v) is 9.71. The summed E-state index contributed by atoms with van der Waals surface area (Å²) in [5, 5.41) is 0. The minimum absolute atomic E-state index is 0.0454. The van der Waals surface area contributed by atoms with Crippen LogP contribution in [0.3, 0.4) is 0 Å². The lowest BCUT2D eigenvalue weighted by Gasteiger charge is -2.40. The van der Waals surface area contributed by atoms with Crippen molar-refractivity contribution in [1.82, 2.24) is 9.80 Å². The van der Waals surface area contributed by atoms with E-state index in [1.807, 2.05) is 19.1 Å². The summed E-state index contributed by atoms with van der Waals surface area (Å²) in [6.45, 7) is 7.48. The first kappa shape index (κ1) is 22.1. The van der Waals surface area contributed by atoms with Crippen LogP contribution >= 0.6 is 0 Å². The zero-order valence-corrected chi connectivity index (χ0v) is 19.4. The Hall–Kier alpha value is -2.71. The number of carbonyl (C=O) groups is 3. The lowest BCUT2D eigenvalue weighted by atomic mass is 9.77. The molecule has 4 aliphatic heterocycles. The van der Waals surface area contributed by atoms with Crippen LogP contribution < -0.4 is 0 Å². The monoisotopic (exact) mass is 454 g/mol. The van der Waals surface area contributed by atoms with Crippen molar-refractivity contribution in [2.75, 3.05) is 39.9 Å². The van der Waals surface area contributed by atoms with Crippen LogP contribution in [0, 0.1) is 12.3 Å². The average molecular weight is 455 g/mol. The van der Waals surface area contributed by atoms with Crippen molar-refractivity contribution in [3.8, 4) is 0 Å². The van der Waals surface area contributed by atoms with Gasteiger partial charge in [-0.3, -0.25) is 4.79 Å². The van der Waals surface area contributed by atoms with Crippen molar-refractivity contribution < 1.29 is 28.6 Å². The molecule has 2 fully saturated rings. The van der Waals surface area contributed by atoms with Gasteiger partial charge in [0.15, 0.2) is 0 Å². The van der Waals surface area contributed by atoms with E-state index in [4.69, 9.17) is 14.2 Å². The van der Waals surface area contributed by atoms with Gasteiger partial charge in [0.25, 0.3) is 0 Å². The Balaban J connectivity index is 1.24. The predicted octanol–water partition coefficient (Wildman–Crippen LogP) is 2.50. The van der Waals surface area contributed by atoms with Crippen LogP contribution in [0.25, 0.3) is 0 Å². The van der Waals surface area contributed by atoms with Gasteiger partial charge in [-0.15, -0.1) is 0 Å². The van der Waals surface area contributed by atoms with Crippen molar-refractivity contribution in [2.24, 2.45) is 5.41 Å². The maximum Gasteiger partial charge on any atom is 0.338 e. The fourth-order valence-corrected chi connectivity index (χ4v) is 5.69. The molecule has 1 amide bonds. The summed E-state index contributed by atoms with van der Waals surface area (Å²) >= 11 is 0. The molecule has 5 rings (SSSR count). The molecule has 2 saturated heterocycles. The van der Waals surface area contributed by atoms with E-state index in [0.717, 1.165) is 54.9 Å². The molecule has 0 saturated carbocycles. The van der Waals surface area contributed by atoms with Gasteiger partial charge in [-0.25, -0.2) is 9.59 Å². The van der Waals surface area contributed by atoms with E-state index in [9.17, 15) is 14.4 Å². The number of amides is 1. The third-order valence-corrected chi connectivity index (χ3v) is 7.91. The molecule has 1 aromatic carbocycles. The largest absolute Gasteiger partial charge is 0.457 e. The Bertz CT molecular complexity index is 1050. The fourth-order valence-electron chi connectivity index (χ4n) is 5.69. The van der Waals surface area contributed by atoms with Crippen LogP contribution in [-0.2, 0) is 30.4 Å². The maximum atomic E-state index is 12.8. The Morgan fingerprint density at radius 3 is 2.45 bits per heavy atom. The summed E-state index contributed by atoms with van der Waals surface area (Å²) in [5.74, 6) is -0.483. The maximum absolute atomic E-state index is 12.8. The first-order valence-electron chi connectivity index (χ1n) is 11.5. The number of ether oxygens (including phenoxy) is 3. The summed E-state index contributed by atoms with van der Waals surface area (Å²) in [6, 6.07) is 3.83. The van der Waals surface area contributed by atoms with Crippen LogP contribution in [0.5, 0.6) is 0 Å². The quantitative estimate of drug-likeness (QED) is 0.632. The summed E-state index contributed by atoms with van der Waals surface area (Å²) in [4.78, 5) is 40.6. The van der Waals surface area contributed by atoms with E-state index < -0.39 is 0 Å². The van der Waals surface area contributed by atoms with Gasteiger partial charge in [-0.2, -0.15) is 0 Å². The van der Waals surface area contributed by atoms with E-state index in [-0.39, 0.29) is 36.0 Å². The molecular formula is C25H30N2O6. The van der Waals surface area contributed by atoms with Crippen LogP contribution in [0.4, 0.5) is 0 Å². The molecule has 8 nitrogen and oxygen atoms in total. The zero-order chi connectivity index (χ0) is 23.3. The molecule has 176 valence electrons. The molecule has 33 heavy (non-hydrogen) atoms. The van der Waals surface area contributed by atoms with Crippen molar-refractivity contribution in [3.63, 3.8) is 0 Å². The van der Waals surface area contributed by atoms with E-state index in [1.165, 1.54) is 0 Å². The molecule has 0 radical (unpaired) electrons. The van der Waals surface area contributed by atoms with Gasteiger partial charge in [0.1, 0.15) is 13.2 Å². The summed E-state index contributed by atoms with van der Waals surface area (Å²) in [5.41, 5.74) is 5.01. The Morgan fingerprint density at radius 2 is 1.79 bits per heavy atom. The third-order valence-electron chi connectivity index (χ3n) is 7.91. The average Bonchev–Trinajstić information content (AvgIpc) is 3.45. The molecule has 1 atom stereocenters. The highest BCUT2D eigenvalue weighted by Crippen LogP contribution is 2.43. The number of esters is 2. The number of rotatable bonds is 5. The first-order valence-corrected chi connectivity index (χ1v) is 11.5. The van der Waals surface area contributed by atoms with Gasteiger partial charge in [0.2, 0.25) is 5.91 Å². The molecule has 0 aromatic heterocycles. The number of hydrogen-bond donors (Lipinski definition) is 0. The van der Waals surface area contributed by atoms with Gasteiger partial charge >= 0.3 is 11.9 Å². The van der Waals surface area contributed by atoms with Crippen LogP contribution in [0.2, 0.25) is 0 Å². The second kappa shape index (κ2) is 8.25. The number of cyclic esters (lactones) is 2. The van der Waals surface area contributed by atoms with Crippen molar-refractivity contribution in [2.45, 2.75) is 45.8 Å². The number of likely N-dealkylation sites (tertiary alicyclic amines) is 2. The molecule has 4 aliphatic rings. The van der Waals surface area contributed by atoms with Crippen LogP contribution in [0.1, 0.15) is 59.3 Å². The summed E-state index contributed by atoms with van der Waals surface area (Å²) in [6.07, 6.45) is 2.28. The Morgan fingerprint density at radius 1 is 1.06 bits per heavy atom. The molecule has 4 heterocycles. The standard InChI is InChI=1S/C25H30N2O6/c1-15-17(4-5-18-19(15)12-32-24(18)30)21(31-3)11-26-8-6-25(7-9-26)10-22(28)27(14-25)20-13-33-23(29)16(20)2/h4-5,21H,6-14H2,1-3H3/t21-/m0/s1. The molecule has 1 spiro atoms. The Labute approximate surface area is 193 Å². The first-order chi connectivity index (χ1) is 15.8. The molecular weight excluding hydrogens is 424 g/mol. The van der Waals surface area contributed by atoms with Gasteiger partial charge in [0.05, 0.1) is 22.9 Å². The lowest BCUT2D eigenvalue weighted by Crippen LogP contribution is -2.43. The topological polar surface area (TPSA) is 85.4 Å². The number of piperidine rings is 1. The molecule has 8 heteroatoms. The molecule has 0 N–H and O–H groups in total. The molecule has 0 aliphatic carbocycles. The predicted molar refractivity (Wildman–Crippen MR) is 118 cm³/mol.